The summed E-state index contributed by atoms with van der Waals surface area (Å²) in [5.41, 5.74) is -0.651. The number of aliphatic carboxylic acids is 3. The fraction of sp³-hybridized carbons (Fsp3) is 0.348. The van der Waals surface area contributed by atoms with Gasteiger partial charge in [-0.2, -0.15) is 0 Å². The molecule has 2 aromatic carbocycles. The van der Waals surface area contributed by atoms with Gasteiger partial charge >= 0.3 is 17.9 Å². The minimum atomic E-state index is -2.79. The molecule has 0 heterocycles. The first-order valence-electron chi connectivity index (χ1n) is 9.96. The molecule has 4 N–H and O–H groups in total. The maximum atomic E-state index is 11.2. The lowest BCUT2D eigenvalue weighted by molar-refractivity contribution is -0.143. The number of benzene rings is 2. The average molecular weight is 482 g/mol. The second-order valence-corrected chi connectivity index (χ2v) is 8.47. The molecule has 9 nitrogen and oxygen atoms in total. The van der Waals surface area contributed by atoms with Crippen LogP contribution in [0.25, 0.3) is 0 Å². The van der Waals surface area contributed by atoms with E-state index in [4.69, 9.17) is 15.3 Å². The van der Waals surface area contributed by atoms with Crippen LogP contribution in [0.2, 0.25) is 0 Å². The lowest BCUT2D eigenvalue weighted by atomic mass is 9.83. The van der Waals surface area contributed by atoms with E-state index < -0.39 is 39.6 Å². The lowest BCUT2D eigenvalue weighted by Crippen LogP contribution is -2.42. The van der Waals surface area contributed by atoms with E-state index in [1.54, 1.807) is 51.1 Å². The second-order valence-electron chi connectivity index (χ2n) is 7.64. The van der Waals surface area contributed by atoms with Crippen molar-refractivity contribution < 1.29 is 38.1 Å². The van der Waals surface area contributed by atoms with E-state index >= 15 is 0 Å². The van der Waals surface area contributed by atoms with Crippen LogP contribution in [-0.2, 0) is 36.1 Å². The SMILES string of the molecule is CC(C)(C(=O)O)c1ccccc1.CC(CN[SH](=O)=O)(C(=O)O)c1ccccc1.CCC(=O)O. The maximum absolute atomic E-state index is 11.2. The molecule has 0 aliphatic heterocycles. The smallest absolute Gasteiger partial charge is 0.315 e. The van der Waals surface area contributed by atoms with Crippen LogP contribution in [0.15, 0.2) is 60.7 Å². The lowest BCUT2D eigenvalue weighted by Gasteiger charge is -2.24. The van der Waals surface area contributed by atoms with Crippen LogP contribution >= 0.6 is 0 Å². The summed E-state index contributed by atoms with van der Waals surface area (Å²) < 4.78 is 23.0. The third-order valence-electron chi connectivity index (χ3n) is 4.78. The molecule has 0 aliphatic rings. The number of carboxylic acid groups (broad SMARTS) is 3. The molecule has 0 saturated heterocycles. The number of thiol groups is 1. The van der Waals surface area contributed by atoms with Crippen molar-refractivity contribution in [3.8, 4) is 0 Å². The number of hydrogen-bond donors (Lipinski definition) is 5. The predicted octanol–water partition coefficient (Wildman–Crippen LogP) is 2.67. The quantitative estimate of drug-likeness (QED) is 0.360. The molecule has 0 fully saturated rings. The zero-order valence-corrected chi connectivity index (χ0v) is 19.9. The van der Waals surface area contributed by atoms with Crippen LogP contribution in [0.3, 0.4) is 0 Å². The first-order chi connectivity index (χ1) is 15.3. The van der Waals surface area contributed by atoms with Gasteiger partial charge in [-0.05, 0) is 31.9 Å². The van der Waals surface area contributed by atoms with Crippen molar-refractivity contribution >= 4 is 28.8 Å². The molecular formula is C23H31NO8S. The second kappa shape index (κ2) is 14.0. The summed E-state index contributed by atoms with van der Waals surface area (Å²) in [6.07, 6.45) is 0.222. The predicted molar refractivity (Wildman–Crippen MR) is 125 cm³/mol. The average Bonchev–Trinajstić information content (AvgIpc) is 2.79. The van der Waals surface area contributed by atoms with Crippen molar-refractivity contribution in [2.24, 2.45) is 0 Å². The highest BCUT2D eigenvalue weighted by molar-refractivity contribution is 7.70. The summed E-state index contributed by atoms with van der Waals surface area (Å²) >= 11 is 0. The Hall–Kier alpha value is -3.24. The summed E-state index contributed by atoms with van der Waals surface area (Å²) in [5.74, 6) is -2.61. The minimum Gasteiger partial charge on any atom is -0.481 e. The Labute approximate surface area is 195 Å². The number of carbonyl (C=O) groups is 3. The first-order valence-corrected chi connectivity index (χ1v) is 11.1. The number of nitrogens with one attached hydrogen (secondary N) is 1. The van der Waals surface area contributed by atoms with Gasteiger partial charge in [-0.1, -0.05) is 67.6 Å². The topological polar surface area (TPSA) is 158 Å². The molecule has 10 heteroatoms. The largest absolute Gasteiger partial charge is 0.481 e. The summed E-state index contributed by atoms with van der Waals surface area (Å²) in [6, 6.07) is 17.7. The Bertz CT molecular complexity index is 966. The van der Waals surface area contributed by atoms with Gasteiger partial charge in [-0.15, -0.1) is 0 Å². The zero-order chi connectivity index (χ0) is 25.7. The molecule has 0 aromatic heterocycles. The standard InChI is InChI=1S/C10H13NO4S.C10H12O2.C3H6O2/c1-10(9(12)13,7-11-16(14)15)8-5-3-2-4-6-8;1-10(2,9(11)12)8-6-4-3-5-7-8;1-2-3(4)5/h2-6,16H,7H2,1H3,(H,12,13)(H,11,14,15);3-7H,1-2H3,(H,11,12);2H2,1H3,(H,4,5). The molecule has 0 amide bonds. The molecule has 182 valence electrons. The molecule has 0 saturated carbocycles. The molecule has 2 rings (SSSR count). The van der Waals surface area contributed by atoms with Crippen molar-refractivity contribution in [3.63, 3.8) is 0 Å². The van der Waals surface area contributed by atoms with E-state index in [9.17, 15) is 22.8 Å². The molecule has 2 aromatic rings. The first kappa shape index (κ1) is 29.8. The van der Waals surface area contributed by atoms with Gasteiger partial charge in [0.2, 0.25) is 10.9 Å². The van der Waals surface area contributed by atoms with Gasteiger partial charge in [0.25, 0.3) is 0 Å². The van der Waals surface area contributed by atoms with Crippen molar-refractivity contribution in [3.05, 3.63) is 71.8 Å². The molecular weight excluding hydrogens is 450 g/mol. The summed E-state index contributed by atoms with van der Waals surface area (Å²) in [4.78, 5) is 31.4. The Kier molecular flexibility index (Phi) is 12.6. The van der Waals surface area contributed by atoms with E-state index in [1.807, 2.05) is 30.3 Å². The molecule has 0 aliphatic carbocycles. The highest BCUT2D eigenvalue weighted by Crippen LogP contribution is 2.23. The Balaban J connectivity index is 0.000000530. The molecule has 33 heavy (non-hydrogen) atoms. The van der Waals surface area contributed by atoms with Gasteiger partial charge < -0.3 is 15.3 Å². The fourth-order valence-electron chi connectivity index (χ4n) is 2.31. The van der Waals surface area contributed by atoms with Gasteiger partial charge in [-0.25, -0.2) is 13.1 Å². The van der Waals surface area contributed by atoms with Crippen LogP contribution in [0, 0.1) is 0 Å². The number of rotatable bonds is 8. The zero-order valence-electron chi connectivity index (χ0n) is 19.0. The van der Waals surface area contributed by atoms with Gasteiger partial charge in [0, 0.05) is 13.0 Å². The Morgan fingerprint density at radius 1 is 0.788 bits per heavy atom. The Morgan fingerprint density at radius 3 is 1.48 bits per heavy atom. The van der Waals surface area contributed by atoms with Crippen LogP contribution in [0.4, 0.5) is 0 Å². The van der Waals surface area contributed by atoms with Gasteiger partial charge in [0.05, 0.1) is 5.41 Å². The summed E-state index contributed by atoms with van der Waals surface area (Å²) in [5, 5.41) is 25.8. The molecule has 0 bridgehead atoms. The monoisotopic (exact) mass is 481 g/mol. The summed E-state index contributed by atoms with van der Waals surface area (Å²) in [7, 11) is -2.79. The van der Waals surface area contributed by atoms with E-state index in [2.05, 4.69) is 4.72 Å². The third kappa shape index (κ3) is 10.3. The fourth-order valence-corrected chi connectivity index (χ4v) is 2.75. The van der Waals surface area contributed by atoms with E-state index in [1.165, 1.54) is 6.92 Å². The van der Waals surface area contributed by atoms with Gasteiger partial charge in [0.15, 0.2) is 0 Å². The van der Waals surface area contributed by atoms with Crippen LogP contribution in [0.1, 0.15) is 45.2 Å². The summed E-state index contributed by atoms with van der Waals surface area (Å²) in [6.45, 7) is 6.32. The van der Waals surface area contributed by atoms with Gasteiger partial charge in [-0.3, -0.25) is 14.4 Å². The third-order valence-corrected chi connectivity index (χ3v) is 5.19. The molecule has 1 unspecified atom stereocenters. The van der Waals surface area contributed by atoms with Crippen LogP contribution in [0.5, 0.6) is 0 Å². The van der Waals surface area contributed by atoms with Crippen molar-refractivity contribution in [2.45, 2.75) is 44.9 Å². The normalized spacial score (nSPS) is 12.3. The highest BCUT2D eigenvalue weighted by atomic mass is 32.2. The van der Waals surface area contributed by atoms with Gasteiger partial charge in [0.1, 0.15) is 5.41 Å². The number of carboxylic acids is 3. The Morgan fingerprint density at radius 2 is 1.18 bits per heavy atom. The molecule has 0 spiro atoms. The van der Waals surface area contributed by atoms with E-state index in [0.29, 0.717) is 5.56 Å². The molecule has 1 atom stereocenters. The van der Waals surface area contributed by atoms with E-state index in [-0.39, 0.29) is 13.0 Å². The van der Waals surface area contributed by atoms with Crippen LogP contribution in [-0.4, -0.2) is 48.2 Å². The van der Waals surface area contributed by atoms with Crippen LogP contribution < -0.4 is 4.72 Å². The van der Waals surface area contributed by atoms with Crippen molar-refractivity contribution in [1.82, 2.24) is 4.72 Å². The van der Waals surface area contributed by atoms with E-state index in [0.717, 1.165) is 5.56 Å². The highest BCUT2D eigenvalue weighted by Gasteiger charge is 2.35. The minimum absolute atomic E-state index is 0.162. The van der Waals surface area contributed by atoms with Crippen molar-refractivity contribution in [1.29, 1.82) is 0 Å². The van der Waals surface area contributed by atoms with Crippen molar-refractivity contribution in [2.75, 3.05) is 6.54 Å². The number of hydrogen-bond acceptors (Lipinski definition) is 5. The molecule has 0 radical (unpaired) electrons. The maximum Gasteiger partial charge on any atom is 0.315 e.